The highest BCUT2D eigenvalue weighted by Gasteiger charge is 2.33. The first kappa shape index (κ1) is 11.5. The van der Waals surface area contributed by atoms with Crippen molar-refractivity contribution < 1.29 is 0 Å². The van der Waals surface area contributed by atoms with Gasteiger partial charge in [0.1, 0.15) is 0 Å². The van der Waals surface area contributed by atoms with E-state index in [2.05, 4.69) is 51.7 Å². The number of hydrogen-bond donors (Lipinski definition) is 2. The van der Waals surface area contributed by atoms with Crippen LogP contribution >= 0.6 is 15.9 Å². The van der Waals surface area contributed by atoms with Gasteiger partial charge in [-0.15, -0.1) is 0 Å². The molecule has 2 saturated heterocycles. The van der Waals surface area contributed by atoms with Crippen molar-refractivity contribution >= 4 is 21.6 Å². The third kappa shape index (κ3) is 2.50. The Balaban J connectivity index is 1.68. The number of fused-ring (bicyclic) bond motifs is 2. The molecule has 2 aliphatic rings. The van der Waals surface area contributed by atoms with E-state index in [1.54, 1.807) is 0 Å². The number of rotatable bonds is 2. The SMILES string of the molecule is Cc1ccc(NC2CC3CCC(C2)N3)cc1Br. The zero-order valence-electron chi connectivity index (χ0n) is 10.2. The van der Waals surface area contributed by atoms with Crippen LogP contribution in [0.4, 0.5) is 5.69 Å². The van der Waals surface area contributed by atoms with Crippen molar-refractivity contribution in [1.29, 1.82) is 0 Å². The molecular weight excluding hydrogens is 276 g/mol. The summed E-state index contributed by atoms with van der Waals surface area (Å²) in [7, 11) is 0. The van der Waals surface area contributed by atoms with Gasteiger partial charge in [0.25, 0.3) is 0 Å². The van der Waals surface area contributed by atoms with E-state index in [0.717, 1.165) is 12.1 Å². The van der Waals surface area contributed by atoms with Crippen LogP contribution in [0.5, 0.6) is 0 Å². The number of benzene rings is 1. The van der Waals surface area contributed by atoms with E-state index in [0.29, 0.717) is 6.04 Å². The lowest BCUT2D eigenvalue weighted by atomic mass is 9.99. The summed E-state index contributed by atoms with van der Waals surface area (Å²) in [6.07, 6.45) is 5.25. The molecule has 2 N–H and O–H groups in total. The van der Waals surface area contributed by atoms with Crippen molar-refractivity contribution in [3.8, 4) is 0 Å². The Labute approximate surface area is 111 Å². The van der Waals surface area contributed by atoms with Gasteiger partial charge in [-0.3, -0.25) is 0 Å². The second-order valence-corrected chi connectivity index (χ2v) is 6.27. The topological polar surface area (TPSA) is 24.1 Å². The highest BCUT2D eigenvalue weighted by molar-refractivity contribution is 9.10. The molecule has 2 aliphatic heterocycles. The number of aryl methyl sites for hydroxylation is 1. The van der Waals surface area contributed by atoms with Crippen LogP contribution in [0.25, 0.3) is 0 Å². The fourth-order valence-electron chi connectivity index (χ4n) is 3.09. The van der Waals surface area contributed by atoms with Gasteiger partial charge in [-0.25, -0.2) is 0 Å². The third-order valence-corrected chi connectivity index (χ3v) is 4.87. The third-order valence-electron chi connectivity index (χ3n) is 4.02. The van der Waals surface area contributed by atoms with Crippen molar-refractivity contribution in [3.05, 3.63) is 28.2 Å². The zero-order chi connectivity index (χ0) is 11.8. The first-order chi connectivity index (χ1) is 8.20. The van der Waals surface area contributed by atoms with Crippen LogP contribution < -0.4 is 10.6 Å². The molecule has 2 heterocycles. The average molecular weight is 295 g/mol. The Morgan fingerprint density at radius 3 is 2.59 bits per heavy atom. The van der Waals surface area contributed by atoms with Gasteiger partial charge in [0, 0.05) is 28.3 Å². The molecule has 0 aromatic heterocycles. The monoisotopic (exact) mass is 294 g/mol. The van der Waals surface area contributed by atoms with Crippen molar-refractivity contribution in [2.75, 3.05) is 5.32 Å². The molecule has 17 heavy (non-hydrogen) atoms. The maximum absolute atomic E-state index is 3.68. The summed E-state index contributed by atoms with van der Waals surface area (Å²) in [5.74, 6) is 0. The zero-order valence-corrected chi connectivity index (χ0v) is 11.8. The van der Waals surface area contributed by atoms with Gasteiger partial charge in [0.2, 0.25) is 0 Å². The van der Waals surface area contributed by atoms with Crippen LogP contribution in [0.15, 0.2) is 22.7 Å². The van der Waals surface area contributed by atoms with Gasteiger partial charge >= 0.3 is 0 Å². The largest absolute Gasteiger partial charge is 0.382 e. The smallest absolute Gasteiger partial charge is 0.0353 e. The minimum Gasteiger partial charge on any atom is -0.382 e. The number of anilines is 1. The van der Waals surface area contributed by atoms with Gasteiger partial charge in [-0.05, 0) is 50.3 Å². The summed E-state index contributed by atoms with van der Waals surface area (Å²) in [4.78, 5) is 0. The van der Waals surface area contributed by atoms with Gasteiger partial charge < -0.3 is 10.6 Å². The molecular formula is C14H19BrN2. The van der Waals surface area contributed by atoms with Crippen molar-refractivity contribution in [3.63, 3.8) is 0 Å². The van der Waals surface area contributed by atoms with Crippen LogP contribution in [0, 0.1) is 6.92 Å². The molecule has 1 aromatic carbocycles. The van der Waals surface area contributed by atoms with Crippen LogP contribution in [0.3, 0.4) is 0 Å². The molecule has 3 rings (SSSR count). The van der Waals surface area contributed by atoms with E-state index in [1.165, 1.54) is 41.4 Å². The maximum atomic E-state index is 3.68. The Hall–Kier alpha value is -0.540. The quantitative estimate of drug-likeness (QED) is 0.873. The first-order valence-electron chi connectivity index (χ1n) is 6.49. The second kappa shape index (κ2) is 4.62. The van der Waals surface area contributed by atoms with Crippen molar-refractivity contribution in [1.82, 2.24) is 5.32 Å². The number of nitrogens with one attached hydrogen (secondary N) is 2. The van der Waals surface area contributed by atoms with Gasteiger partial charge in [-0.2, -0.15) is 0 Å². The molecule has 92 valence electrons. The van der Waals surface area contributed by atoms with E-state index in [1.807, 2.05) is 0 Å². The lowest BCUT2D eigenvalue weighted by Crippen LogP contribution is -2.43. The fraction of sp³-hybridized carbons (Fsp3) is 0.571. The predicted molar refractivity (Wildman–Crippen MR) is 75.5 cm³/mol. The summed E-state index contributed by atoms with van der Waals surface area (Å²) < 4.78 is 1.19. The number of halogens is 1. The van der Waals surface area contributed by atoms with Crippen LogP contribution in [-0.4, -0.2) is 18.1 Å². The Morgan fingerprint density at radius 1 is 1.24 bits per heavy atom. The summed E-state index contributed by atoms with van der Waals surface area (Å²) in [5.41, 5.74) is 2.54. The molecule has 1 aromatic rings. The molecule has 2 unspecified atom stereocenters. The summed E-state index contributed by atoms with van der Waals surface area (Å²) in [6, 6.07) is 8.69. The molecule has 0 amide bonds. The molecule has 3 heteroatoms. The normalized spacial score (nSPS) is 31.5. The minimum atomic E-state index is 0.642. The second-order valence-electron chi connectivity index (χ2n) is 5.41. The first-order valence-corrected chi connectivity index (χ1v) is 7.29. The summed E-state index contributed by atoms with van der Waals surface area (Å²) in [5, 5.41) is 7.36. The molecule has 2 atom stereocenters. The molecule has 2 fully saturated rings. The summed E-state index contributed by atoms with van der Waals surface area (Å²) >= 11 is 3.59. The van der Waals surface area contributed by atoms with Crippen LogP contribution in [-0.2, 0) is 0 Å². The standard InChI is InChI=1S/C14H19BrN2/c1-9-2-3-12(8-14(9)15)17-13-6-10-4-5-11(7-13)16-10/h2-3,8,10-11,13,16-17H,4-7H2,1H3. The molecule has 2 nitrogen and oxygen atoms in total. The Bertz CT molecular complexity index is 407. The van der Waals surface area contributed by atoms with Gasteiger partial charge in [-0.1, -0.05) is 22.0 Å². The highest BCUT2D eigenvalue weighted by atomic mass is 79.9. The predicted octanol–water partition coefficient (Wildman–Crippen LogP) is 3.45. The fourth-order valence-corrected chi connectivity index (χ4v) is 3.47. The average Bonchev–Trinajstić information content (AvgIpc) is 2.64. The number of piperidine rings is 1. The Morgan fingerprint density at radius 2 is 1.94 bits per heavy atom. The number of hydrogen-bond acceptors (Lipinski definition) is 2. The lowest BCUT2D eigenvalue weighted by Gasteiger charge is -2.30. The molecule has 2 bridgehead atoms. The molecule has 0 saturated carbocycles. The van der Waals surface area contributed by atoms with E-state index < -0.39 is 0 Å². The maximum Gasteiger partial charge on any atom is 0.0353 e. The lowest BCUT2D eigenvalue weighted by molar-refractivity contribution is 0.378. The van der Waals surface area contributed by atoms with E-state index >= 15 is 0 Å². The van der Waals surface area contributed by atoms with Crippen molar-refractivity contribution in [2.24, 2.45) is 0 Å². The minimum absolute atomic E-state index is 0.642. The van der Waals surface area contributed by atoms with E-state index in [4.69, 9.17) is 0 Å². The van der Waals surface area contributed by atoms with E-state index in [9.17, 15) is 0 Å². The van der Waals surface area contributed by atoms with E-state index in [-0.39, 0.29) is 0 Å². The molecule has 0 radical (unpaired) electrons. The van der Waals surface area contributed by atoms with Gasteiger partial charge in [0.05, 0.1) is 0 Å². The van der Waals surface area contributed by atoms with Crippen LogP contribution in [0.1, 0.15) is 31.2 Å². The molecule has 0 spiro atoms. The molecule has 0 aliphatic carbocycles. The summed E-state index contributed by atoms with van der Waals surface area (Å²) in [6.45, 7) is 2.12. The van der Waals surface area contributed by atoms with Crippen molar-refractivity contribution in [2.45, 2.75) is 50.7 Å². The highest BCUT2D eigenvalue weighted by Crippen LogP contribution is 2.29. The Kier molecular flexibility index (Phi) is 3.14. The van der Waals surface area contributed by atoms with Gasteiger partial charge in [0.15, 0.2) is 0 Å². The van der Waals surface area contributed by atoms with Crippen LogP contribution in [0.2, 0.25) is 0 Å².